The summed E-state index contributed by atoms with van der Waals surface area (Å²) in [6, 6.07) is 3.78. The normalized spacial score (nSPS) is 15.4. The smallest absolute Gasteiger partial charge is 0.306 e. The number of hydrogen-bond acceptors (Lipinski definition) is 7. The van der Waals surface area contributed by atoms with Crippen LogP contribution in [0.2, 0.25) is 0 Å². The van der Waals surface area contributed by atoms with E-state index in [2.05, 4.69) is 4.74 Å². The molecule has 0 N–H and O–H groups in total. The molecule has 1 aliphatic rings. The highest BCUT2D eigenvalue weighted by atomic mass is 32.2. The van der Waals surface area contributed by atoms with Crippen LogP contribution in [0.3, 0.4) is 0 Å². The third-order valence-corrected chi connectivity index (χ3v) is 6.76. The monoisotopic (exact) mass is 374 g/mol. The molecule has 2 rings (SSSR count). The van der Waals surface area contributed by atoms with Crippen molar-refractivity contribution in [2.24, 2.45) is 0 Å². The first kappa shape index (κ1) is 18.7. The Hall–Kier alpha value is -1.65. The number of sulfonamides is 1. The van der Waals surface area contributed by atoms with Crippen LogP contribution in [0, 0.1) is 10.1 Å². The quantitative estimate of drug-likeness (QED) is 0.311. The van der Waals surface area contributed by atoms with Gasteiger partial charge in [0.05, 0.1) is 18.5 Å². The number of ether oxygens (including phenoxy) is 1. The van der Waals surface area contributed by atoms with Gasteiger partial charge in [-0.1, -0.05) is 0 Å². The Morgan fingerprint density at radius 1 is 1.38 bits per heavy atom. The molecule has 10 heteroatoms. The number of carbonyl (C=O) groups is 1. The Morgan fingerprint density at radius 3 is 2.62 bits per heavy atom. The van der Waals surface area contributed by atoms with E-state index in [9.17, 15) is 23.3 Å². The highest BCUT2D eigenvalue weighted by molar-refractivity contribution is 8.00. The highest BCUT2D eigenvalue weighted by Crippen LogP contribution is 2.33. The molecule has 0 radical (unpaired) electrons. The van der Waals surface area contributed by atoms with Crippen molar-refractivity contribution in [1.82, 2.24) is 4.31 Å². The van der Waals surface area contributed by atoms with Crippen LogP contribution in [0.25, 0.3) is 0 Å². The zero-order valence-corrected chi connectivity index (χ0v) is 14.8. The fourth-order valence-corrected chi connectivity index (χ4v) is 5.30. The average Bonchev–Trinajstić information content (AvgIpc) is 3.09. The number of non-ortho nitro benzene ring substituents is 1. The van der Waals surface area contributed by atoms with Crippen molar-refractivity contribution in [2.75, 3.05) is 26.0 Å². The van der Waals surface area contributed by atoms with Crippen molar-refractivity contribution in [3.05, 3.63) is 28.3 Å². The summed E-state index contributed by atoms with van der Waals surface area (Å²) >= 11 is 1.17. The lowest BCUT2D eigenvalue weighted by atomic mass is 10.3. The molecule has 1 aliphatic heterocycles. The minimum absolute atomic E-state index is 0.0755. The van der Waals surface area contributed by atoms with Crippen LogP contribution in [0.4, 0.5) is 5.69 Å². The van der Waals surface area contributed by atoms with Crippen LogP contribution in [0.5, 0.6) is 0 Å². The Labute approximate surface area is 144 Å². The number of esters is 1. The van der Waals surface area contributed by atoms with E-state index < -0.39 is 20.9 Å². The highest BCUT2D eigenvalue weighted by Gasteiger charge is 2.31. The molecule has 0 spiro atoms. The number of methoxy groups -OCH3 is 1. The fraction of sp³-hybridized carbons (Fsp3) is 0.500. The van der Waals surface area contributed by atoms with Gasteiger partial charge < -0.3 is 4.74 Å². The van der Waals surface area contributed by atoms with Gasteiger partial charge in [0.15, 0.2) is 0 Å². The maximum absolute atomic E-state index is 12.8. The predicted octanol–water partition coefficient (Wildman–Crippen LogP) is 2.03. The Bertz CT molecular complexity index is 729. The molecular weight excluding hydrogens is 356 g/mol. The maximum Gasteiger partial charge on any atom is 0.306 e. The summed E-state index contributed by atoms with van der Waals surface area (Å²) in [7, 11) is -2.51. The topological polar surface area (TPSA) is 107 Å². The second-order valence-electron chi connectivity index (χ2n) is 5.17. The zero-order valence-electron chi connectivity index (χ0n) is 13.1. The minimum atomic E-state index is -3.79. The van der Waals surface area contributed by atoms with Gasteiger partial charge in [0.1, 0.15) is 4.90 Å². The number of carbonyl (C=O) groups excluding carboxylic acids is 1. The van der Waals surface area contributed by atoms with E-state index in [1.54, 1.807) is 0 Å². The number of nitro groups is 1. The van der Waals surface area contributed by atoms with E-state index in [0.717, 1.165) is 18.9 Å². The van der Waals surface area contributed by atoms with Gasteiger partial charge in [0, 0.05) is 35.9 Å². The van der Waals surface area contributed by atoms with Crippen molar-refractivity contribution in [2.45, 2.75) is 29.1 Å². The first-order chi connectivity index (χ1) is 11.4. The van der Waals surface area contributed by atoms with E-state index >= 15 is 0 Å². The van der Waals surface area contributed by atoms with Gasteiger partial charge in [0.2, 0.25) is 10.0 Å². The molecule has 1 aromatic rings. The second kappa shape index (κ2) is 7.95. The lowest BCUT2D eigenvalue weighted by Crippen LogP contribution is -2.28. The number of nitrogens with zero attached hydrogens (tertiary/aromatic N) is 2. The molecule has 0 saturated carbocycles. The maximum atomic E-state index is 12.8. The van der Waals surface area contributed by atoms with E-state index in [0.29, 0.717) is 23.7 Å². The molecule has 0 atom stereocenters. The molecule has 1 saturated heterocycles. The van der Waals surface area contributed by atoms with Gasteiger partial charge in [-0.05, 0) is 18.9 Å². The minimum Gasteiger partial charge on any atom is -0.469 e. The van der Waals surface area contributed by atoms with Crippen LogP contribution < -0.4 is 0 Å². The lowest BCUT2D eigenvalue weighted by Gasteiger charge is -2.17. The van der Waals surface area contributed by atoms with Crippen molar-refractivity contribution in [3.63, 3.8) is 0 Å². The van der Waals surface area contributed by atoms with Crippen molar-refractivity contribution < 1.29 is 22.9 Å². The van der Waals surface area contributed by atoms with Crippen molar-refractivity contribution >= 4 is 33.4 Å². The van der Waals surface area contributed by atoms with Crippen LogP contribution in [-0.4, -0.2) is 49.6 Å². The first-order valence-electron chi connectivity index (χ1n) is 7.34. The Morgan fingerprint density at radius 2 is 2.04 bits per heavy atom. The Balaban J connectivity index is 2.32. The van der Waals surface area contributed by atoms with E-state index in [4.69, 9.17) is 0 Å². The van der Waals surface area contributed by atoms with Gasteiger partial charge in [-0.2, -0.15) is 4.31 Å². The molecule has 1 fully saturated rings. The molecule has 1 heterocycles. The van der Waals surface area contributed by atoms with Gasteiger partial charge in [-0.3, -0.25) is 14.9 Å². The number of benzene rings is 1. The standard InChI is InChI=1S/C14H18N2O6S2/c1-22-14(17)6-9-23-12-5-4-11(16(18)19)10-13(12)24(20,21)15-7-2-3-8-15/h4-5,10H,2-3,6-9H2,1H3. The van der Waals surface area contributed by atoms with Crippen LogP contribution in [-0.2, 0) is 19.6 Å². The van der Waals surface area contributed by atoms with E-state index in [1.165, 1.54) is 35.3 Å². The summed E-state index contributed by atoms with van der Waals surface area (Å²) < 4.78 is 31.5. The summed E-state index contributed by atoms with van der Waals surface area (Å²) in [5, 5.41) is 11.0. The molecular formula is C14H18N2O6S2. The van der Waals surface area contributed by atoms with Gasteiger partial charge in [-0.25, -0.2) is 8.42 Å². The number of hydrogen-bond donors (Lipinski definition) is 0. The summed E-state index contributed by atoms with van der Waals surface area (Å²) in [6.45, 7) is 0.828. The largest absolute Gasteiger partial charge is 0.469 e. The third-order valence-electron chi connectivity index (χ3n) is 3.61. The SMILES string of the molecule is COC(=O)CCSc1ccc([N+](=O)[O-])cc1S(=O)(=O)N1CCCC1. The molecule has 0 bridgehead atoms. The first-order valence-corrected chi connectivity index (χ1v) is 9.77. The number of rotatable bonds is 7. The number of thioether (sulfide) groups is 1. The summed E-state index contributed by atoms with van der Waals surface area (Å²) in [5.74, 6) is -0.0686. The van der Waals surface area contributed by atoms with E-state index in [1.807, 2.05) is 0 Å². The lowest BCUT2D eigenvalue weighted by molar-refractivity contribution is -0.385. The van der Waals surface area contributed by atoms with Gasteiger partial charge in [-0.15, -0.1) is 11.8 Å². The molecule has 24 heavy (non-hydrogen) atoms. The summed E-state index contributed by atoms with van der Waals surface area (Å²) in [5.41, 5.74) is -0.273. The molecule has 1 aromatic carbocycles. The molecule has 132 valence electrons. The third kappa shape index (κ3) is 4.25. The molecule has 8 nitrogen and oxygen atoms in total. The van der Waals surface area contributed by atoms with Crippen molar-refractivity contribution in [3.8, 4) is 0 Å². The predicted molar refractivity (Wildman–Crippen MR) is 88.4 cm³/mol. The summed E-state index contributed by atoms with van der Waals surface area (Å²) in [4.78, 5) is 21.9. The fourth-order valence-electron chi connectivity index (χ4n) is 2.35. The molecule has 0 unspecified atom stereocenters. The van der Waals surface area contributed by atoms with E-state index in [-0.39, 0.29) is 17.0 Å². The van der Waals surface area contributed by atoms with Crippen LogP contribution in [0.1, 0.15) is 19.3 Å². The average molecular weight is 374 g/mol. The molecule has 0 aromatic heterocycles. The zero-order chi connectivity index (χ0) is 17.7. The van der Waals surface area contributed by atoms with Crippen molar-refractivity contribution in [1.29, 1.82) is 0 Å². The van der Waals surface area contributed by atoms with Crippen LogP contribution in [0.15, 0.2) is 28.0 Å². The Kier molecular flexibility index (Phi) is 6.19. The molecule has 0 amide bonds. The summed E-state index contributed by atoms with van der Waals surface area (Å²) in [6.07, 6.45) is 1.68. The molecule has 0 aliphatic carbocycles. The second-order valence-corrected chi connectivity index (χ2v) is 8.22. The van der Waals surface area contributed by atoms with Gasteiger partial charge in [0.25, 0.3) is 5.69 Å². The number of nitro benzene ring substituents is 1. The van der Waals surface area contributed by atoms with Gasteiger partial charge >= 0.3 is 5.97 Å². The van der Waals surface area contributed by atoms with Crippen LogP contribution >= 0.6 is 11.8 Å².